The lowest BCUT2D eigenvalue weighted by molar-refractivity contribution is 0.0951. The van der Waals surface area contributed by atoms with Crippen molar-refractivity contribution in [1.29, 1.82) is 0 Å². The minimum Gasteiger partial charge on any atom is -0.351 e. The topological polar surface area (TPSA) is 66.5 Å². The molecule has 0 saturated heterocycles. The monoisotopic (exact) mass is 334 g/mol. The first kappa shape index (κ1) is 18.5. The molecule has 1 rings (SSSR count). The van der Waals surface area contributed by atoms with Crippen LogP contribution in [-0.4, -0.2) is 44.5 Å². The number of carbonyl (C=O) groups is 1. The largest absolute Gasteiger partial charge is 0.351 e. The molecular weight excluding hydrogens is 314 g/mol. The van der Waals surface area contributed by atoms with Crippen molar-refractivity contribution < 1.29 is 22.0 Å². The van der Waals surface area contributed by atoms with Crippen molar-refractivity contribution in [3.8, 4) is 0 Å². The van der Waals surface area contributed by atoms with Gasteiger partial charge in [-0.15, -0.1) is 0 Å². The van der Waals surface area contributed by atoms with Crippen LogP contribution in [0.15, 0.2) is 18.2 Å². The van der Waals surface area contributed by atoms with E-state index >= 15 is 0 Å². The third-order valence-electron chi connectivity index (χ3n) is 3.06. The summed E-state index contributed by atoms with van der Waals surface area (Å²) in [6.45, 7) is 2.56. The fraction of sp³-hybridized carbons (Fsp3) is 0.500. The van der Waals surface area contributed by atoms with Crippen LogP contribution >= 0.6 is 0 Å². The lowest BCUT2D eigenvalue weighted by Gasteiger charge is -2.19. The van der Waals surface area contributed by atoms with E-state index in [0.717, 1.165) is 31.2 Å². The summed E-state index contributed by atoms with van der Waals surface area (Å²) >= 11 is 0. The van der Waals surface area contributed by atoms with Crippen molar-refractivity contribution in [3.05, 3.63) is 35.4 Å². The zero-order valence-corrected chi connectivity index (χ0v) is 13.4. The van der Waals surface area contributed by atoms with Crippen molar-refractivity contribution in [2.24, 2.45) is 0 Å². The van der Waals surface area contributed by atoms with Gasteiger partial charge >= 0.3 is 0 Å². The van der Waals surface area contributed by atoms with Gasteiger partial charge < -0.3 is 5.32 Å². The van der Waals surface area contributed by atoms with E-state index in [0.29, 0.717) is 6.54 Å². The highest BCUT2D eigenvalue weighted by Gasteiger charge is 2.16. The van der Waals surface area contributed by atoms with Crippen LogP contribution in [0.4, 0.5) is 8.78 Å². The molecule has 1 aromatic carbocycles. The molecule has 5 nitrogen and oxygen atoms in total. The Labute approximate surface area is 129 Å². The van der Waals surface area contributed by atoms with E-state index in [4.69, 9.17) is 0 Å². The van der Waals surface area contributed by atoms with E-state index in [-0.39, 0.29) is 18.7 Å². The number of benzene rings is 1. The number of hydrogen-bond donors (Lipinski definition) is 1. The molecule has 0 aliphatic rings. The Morgan fingerprint density at radius 3 is 2.45 bits per heavy atom. The van der Waals surface area contributed by atoms with Gasteiger partial charge in [-0.1, -0.05) is 13.3 Å². The Morgan fingerprint density at radius 2 is 1.91 bits per heavy atom. The van der Waals surface area contributed by atoms with Crippen LogP contribution in [0.5, 0.6) is 0 Å². The summed E-state index contributed by atoms with van der Waals surface area (Å²) in [6.07, 6.45) is 2.69. The lowest BCUT2D eigenvalue weighted by atomic mass is 10.2. The summed E-state index contributed by atoms with van der Waals surface area (Å²) in [5, 5.41) is 2.49. The molecule has 0 radical (unpaired) electrons. The number of rotatable bonds is 8. The normalized spacial score (nSPS) is 11.7. The first-order valence-corrected chi connectivity index (χ1v) is 8.79. The van der Waals surface area contributed by atoms with Gasteiger partial charge in [0.25, 0.3) is 5.91 Å². The summed E-state index contributed by atoms with van der Waals surface area (Å²) in [4.78, 5) is 11.8. The molecule has 0 aliphatic heterocycles. The first-order valence-electron chi connectivity index (χ1n) is 6.94. The molecule has 1 amide bonds. The molecule has 0 heterocycles. The van der Waals surface area contributed by atoms with Crippen molar-refractivity contribution in [2.75, 3.05) is 25.9 Å². The second-order valence-corrected chi connectivity index (χ2v) is 6.88. The van der Waals surface area contributed by atoms with Gasteiger partial charge in [0.05, 0.1) is 6.26 Å². The van der Waals surface area contributed by atoms with Gasteiger partial charge in [0.1, 0.15) is 0 Å². The fourth-order valence-corrected chi connectivity index (χ4v) is 2.70. The summed E-state index contributed by atoms with van der Waals surface area (Å²) in [6, 6.07) is 2.84. The molecule has 0 aliphatic carbocycles. The highest BCUT2D eigenvalue weighted by atomic mass is 32.2. The molecule has 22 heavy (non-hydrogen) atoms. The van der Waals surface area contributed by atoms with Crippen LogP contribution in [0.3, 0.4) is 0 Å². The van der Waals surface area contributed by atoms with Crippen molar-refractivity contribution >= 4 is 15.9 Å². The van der Waals surface area contributed by atoms with Gasteiger partial charge in [0.2, 0.25) is 10.0 Å². The minimum atomic E-state index is -3.34. The molecule has 124 valence electrons. The van der Waals surface area contributed by atoms with E-state index in [1.54, 1.807) is 0 Å². The van der Waals surface area contributed by atoms with Gasteiger partial charge in [-0.3, -0.25) is 4.79 Å². The maximum absolute atomic E-state index is 13.0. The van der Waals surface area contributed by atoms with Crippen LogP contribution in [0, 0.1) is 11.6 Å². The molecule has 1 aromatic rings. The third-order valence-corrected chi connectivity index (χ3v) is 4.36. The zero-order chi connectivity index (χ0) is 16.8. The highest BCUT2D eigenvalue weighted by Crippen LogP contribution is 2.08. The number of unbranched alkanes of at least 4 members (excludes halogenated alkanes) is 1. The molecule has 0 spiro atoms. The van der Waals surface area contributed by atoms with E-state index in [1.807, 2.05) is 6.92 Å². The first-order chi connectivity index (χ1) is 10.3. The second kappa shape index (κ2) is 8.19. The number of hydrogen-bond acceptors (Lipinski definition) is 3. The number of nitrogens with zero attached hydrogens (tertiary/aromatic N) is 1. The highest BCUT2D eigenvalue weighted by molar-refractivity contribution is 7.88. The summed E-state index contributed by atoms with van der Waals surface area (Å²) in [5.41, 5.74) is -0.0154. The average molecular weight is 334 g/mol. The van der Waals surface area contributed by atoms with E-state index in [2.05, 4.69) is 5.32 Å². The SMILES string of the molecule is CCCCN(CCNC(=O)c1ccc(F)c(F)c1)S(C)(=O)=O. The number of carbonyl (C=O) groups excluding carboxylic acids is 1. The number of sulfonamides is 1. The van der Waals surface area contributed by atoms with Crippen molar-refractivity contribution in [2.45, 2.75) is 19.8 Å². The van der Waals surface area contributed by atoms with Gasteiger partial charge in [-0.25, -0.2) is 21.5 Å². The summed E-state index contributed by atoms with van der Waals surface area (Å²) < 4.78 is 50.3. The zero-order valence-electron chi connectivity index (χ0n) is 12.6. The summed E-state index contributed by atoms with van der Waals surface area (Å²) in [7, 11) is -3.34. The standard InChI is InChI=1S/C14H20F2N2O3S/c1-3-4-8-18(22(2,20)21)9-7-17-14(19)11-5-6-12(15)13(16)10-11/h5-6,10H,3-4,7-9H2,1-2H3,(H,17,19). The second-order valence-electron chi connectivity index (χ2n) is 4.90. The Hall–Kier alpha value is -1.54. The predicted molar refractivity (Wildman–Crippen MR) is 80.0 cm³/mol. The molecule has 0 saturated carbocycles. The number of halogens is 2. The van der Waals surface area contributed by atoms with Crippen LogP contribution in [-0.2, 0) is 10.0 Å². The Balaban J connectivity index is 2.57. The average Bonchev–Trinajstić information content (AvgIpc) is 2.44. The maximum atomic E-state index is 13.0. The van der Waals surface area contributed by atoms with Gasteiger partial charge in [-0.05, 0) is 24.6 Å². The van der Waals surface area contributed by atoms with Crippen LogP contribution in [0.2, 0.25) is 0 Å². The Morgan fingerprint density at radius 1 is 1.23 bits per heavy atom. The van der Waals surface area contributed by atoms with E-state index in [1.165, 1.54) is 10.4 Å². The third kappa shape index (κ3) is 5.69. The molecule has 0 fully saturated rings. The molecular formula is C14H20F2N2O3S. The fourth-order valence-electron chi connectivity index (χ4n) is 1.81. The van der Waals surface area contributed by atoms with Crippen LogP contribution in [0.1, 0.15) is 30.1 Å². The van der Waals surface area contributed by atoms with Gasteiger partial charge in [0.15, 0.2) is 11.6 Å². The number of nitrogens with one attached hydrogen (secondary N) is 1. The van der Waals surface area contributed by atoms with E-state index in [9.17, 15) is 22.0 Å². The molecule has 0 unspecified atom stereocenters. The predicted octanol–water partition coefficient (Wildman–Crippen LogP) is 1.76. The maximum Gasteiger partial charge on any atom is 0.251 e. The quantitative estimate of drug-likeness (QED) is 0.788. The van der Waals surface area contributed by atoms with Gasteiger partial charge in [-0.2, -0.15) is 0 Å². The van der Waals surface area contributed by atoms with Crippen LogP contribution in [0.25, 0.3) is 0 Å². The molecule has 0 atom stereocenters. The summed E-state index contributed by atoms with van der Waals surface area (Å²) in [5.74, 6) is -2.71. The lowest BCUT2D eigenvalue weighted by Crippen LogP contribution is -2.38. The van der Waals surface area contributed by atoms with E-state index < -0.39 is 27.6 Å². The molecule has 8 heteroatoms. The molecule has 0 aromatic heterocycles. The van der Waals surface area contributed by atoms with Crippen LogP contribution < -0.4 is 5.32 Å². The van der Waals surface area contributed by atoms with Gasteiger partial charge in [0, 0.05) is 25.2 Å². The smallest absolute Gasteiger partial charge is 0.251 e. The Kier molecular flexibility index (Phi) is 6.89. The number of amides is 1. The molecule has 1 N–H and O–H groups in total. The molecule has 0 bridgehead atoms. The van der Waals surface area contributed by atoms with Crippen molar-refractivity contribution in [3.63, 3.8) is 0 Å². The van der Waals surface area contributed by atoms with Crippen molar-refractivity contribution in [1.82, 2.24) is 9.62 Å². The Bertz CT molecular complexity index is 621. The minimum absolute atomic E-state index is 0.0154.